The van der Waals surface area contributed by atoms with E-state index in [4.69, 9.17) is 0 Å². The Balaban J connectivity index is 1.40. The lowest BCUT2D eigenvalue weighted by Gasteiger charge is -2.01. The summed E-state index contributed by atoms with van der Waals surface area (Å²) in [7, 11) is 0. The highest BCUT2D eigenvalue weighted by Crippen LogP contribution is 2.20. The SMILES string of the molecule is c1ccc(Cn2ccc(Nc3nnc(Cn4cccn4)s3)n2)cc1. The van der Waals surface area contributed by atoms with Gasteiger partial charge in [-0.25, -0.2) is 0 Å². The summed E-state index contributed by atoms with van der Waals surface area (Å²) in [6.45, 7) is 1.36. The van der Waals surface area contributed by atoms with Gasteiger partial charge in [0.1, 0.15) is 5.01 Å². The van der Waals surface area contributed by atoms with Crippen molar-refractivity contribution in [1.82, 2.24) is 29.8 Å². The van der Waals surface area contributed by atoms with Crippen molar-refractivity contribution in [2.75, 3.05) is 5.32 Å². The van der Waals surface area contributed by atoms with Gasteiger partial charge in [-0.15, -0.1) is 10.2 Å². The molecule has 1 aromatic carbocycles. The molecule has 3 heterocycles. The summed E-state index contributed by atoms with van der Waals surface area (Å²) in [4.78, 5) is 0. The van der Waals surface area contributed by atoms with Crippen molar-refractivity contribution in [2.24, 2.45) is 0 Å². The predicted octanol–water partition coefficient (Wildman–Crippen LogP) is 2.77. The van der Waals surface area contributed by atoms with Gasteiger partial charge in [0.2, 0.25) is 5.13 Å². The molecule has 3 aromatic heterocycles. The maximum atomic E-state index is 4.51. The van der Waals surface area contributed by atoms with E-state index in [0.717, 1.165) is 22.5 Å². The van der Waals surface area contributed by atoms with Crippen LogP contribution in [0.1, 0.15) is 10.6 Å². The Morgan fingerprint density at radius 2 is 1.83 bits per heavy atom. The van der Waals surface area contributed by atoms with E-state index in [1.165, 1.54) is 16.9 Å². The average molecular weight is 337 g/mol. The van der Waals surface area contributed by atoms with Crippen LogP contribution < -0.4 is 5.32 Å². The Morgan fingerprint density at radius 3 is 2.67 bits per heavy atom. The standard InChI is InChI=1S/C16H15N7S/c1-2-5-13(6-3-1)11-23-10-7-14(21-23)18-16-20-19-15(24-16)12-22-9-4-8-17-22/h1-10H,11-12H2,(H,18,20,21). The number of hydrogen-bond donors (Lipinski definition) is 1. The van der Waals surface area contributed by atoms with Gasteiger partial charge in [0.05, 0.1) is 13.1 Å². The van der Waals surface area contributed by atoms with Crippen molar-refractivity contribution in [3.05, 3.63) is 71.6 Å². The quantitative estimate of drug-likeness (QED) is 0.586. The van der Waals surface area contributed by atoms with E-state index in [1.807, 2.05) is 52.1 Å². The summed E-state index contributed by atoms with van der Waals surface area (Å²) in [5.74, 6) is 0.757. The number of hydrogen-bond acceptors (Lipinski definition) is 6. The van der Waals surface area contributed by atoms with E-state index in [0.29, 0.717) is 6.54 Å². The molecule has 0 aliphatic carbocycles. The van der Waals surface area contributed by atoms with Crippen LogP contribution in [0.4, 0.5) is 10.9 Å². The van der Waals surface area contributed by atoms with Crippen LogP contribution in [0.2, 0.25) is 0 Å². The van der Waals surface area contributed by atoms with Gasteiger partial charge in [-0.05, 0) is 11.6 Å². The zero-order valence-corrected chi connectivity index (χ0v) is 13.6. The third-order valence-corrected chi connectivity index (χ3v) is 4.21. The fourth-order valence-electron chi connectivity index (χ4n) is 2.30. The molecule has 1 N–H and O–H groups in total. The Morgan fingerprint density at radius 1 is 0.917 bits per heavy atom. The summed E-state index contributed by atoms with van der Waals surface area (Å²) < 4.78 is 3.71. The van der Waals surface area contributed by atoms with Gasteiger partial charge in [-0.3, -0.25) is 9.36 Å². The second kappa shape index (κ2) is 6.63. The van der Waals surface area contributed by atoms with Crippen molar-refractivity contribution in [1.29, 1.82) is 0 Å². The lowest BCUT2D eigenvalue weighted by Crippen LogP contribution is -2.01. The number of rotatable bonds is 6. The first-order chi connectivity index (χ1) is 11.8. The van der Waals surface area contributed by atoms with Crippen LogP contribution in [0.25, 0.3) is 0 Å². The molecule has 0 aliphatic heterocycles. The molecule has 8 heteroatoms. The minimum Gasteiger partial charge on any atom is -0.313 e. The number of anilines is 2. The Labute approximate surface area is 142 Å². The minimum atomic E-state index is 0.620. The molecule has 0 spiro atoms. The first-order valence-electron chi connectivity index (χ1n) is 7.49. The molecule has 120 valence electrons. The highest BCUT2D eigenvalue weighted by Gasteiger charge is 2.07. The first-order valence-corrected chi connectivity index (χ1v) is 8.31. The molecule has 7 nitrogen and oxygen atoms in total. The summed E-state index contributed by atoms with van der Waals surface area (Å²) in [6.07, 6.45) is 5.60. The molecule has 0 saturated heterocycles. The summed E-state index contributed by atoms with van der Waals surface area (Å²) >= 11 is 1.50. The van der Waals surface area contributed by atoms with E-state index >= 15 is 0 Å². The Bertz CT molecular complexity index is 896. The van der Waals surface area contributed by atoms with Crippen molar-refractivity contribution < 1.29 is 0 Å². The molecule has 0 atom stereocenters. The van der Waals surface area contributed by atoms with Crippen LogP contribution in [0, 0.1) is 0 Å². The third kappa shape index (κ3) is 3.49. The summed E-state index contributed by atoms with van der Waals surface area (Å²) in [5, 5.41) is 21.8. The number of benzene rings is 1. The van der Waals surface area contributed by atoms with E-state index in [-0.39, 0.29) is 0 Å². The van der Waals surface area contributed by atoms with Gasteiger partial charge < -0.3 is 5.32 Å². The maximum Gasteiger partial charge on any atom is 0.211 e. The molecule has 0 saturated carbocycles. The topological polar surface area (TPSA) is 73.5 Å². The van der Waals surface area contributed by atoms with Crippen molar-refractivity contribution in [2.45, 2.75) is 13.1 Å². The first kappa shape index (κ1) is 14.6. The van der Waals surface area contributed by atoms with Crippen molar-refractivity contribution in [3.63, 3.8) is 0 Å². The molecule has 0 fully saturated rings. The van der Waals surface area contributed by atoms with Crippen LogP contribution >= 0.6 is 11.3 Å². The van der Waals surface area contributed by atoms with Gasteiger partial charge >= 0.3 is 0 Å². The minimum absolute atomic E-state index is 0.620. The maximum absolute atomic E-state index is 4.51. The normalized spacial score (nSPS) is 10.8. The molecular weight excluding hydrogens is 322 g/mol. The van der Waals surface area contributed by atoms with E-state index in [9.17, 15) is 0 Å². The van der Waals surface area contributed by atoms with E-state index < -0.39 is 0 Å². The molecule has 24 heavy (non-hydrogen) atoms. The van der Waals surface area contributed by atoms with Gasteiger partial charge in [0.25, 0.3) is 0 Å². The average Bonchev–Trinajstić information content (AvgIpc) is 3.33. The molecule has 4 aromatic rings. The lowest BCUT2D eigenvalue weighted by molar-refractivity contribution is 0.677. The smallest absolute Gasteiger partial charge is 0.211 e. The zero-order chi connectivity index (χ0) is 16.2. The van der Waals surface area contributed by atoms with Crippen molar-refractivity contribution >= 4 is 22.3 Å². The second-order valence-electron chi connectivity index (χ2n) is 5.21. The van der Waals surface area contributed by atoms with Gasteiger partial charge in [-0.2, -0.15) is 10.2 Å². The third-order valence-electron chi connectivity index (χ3n) is 3.39. The van der Waals surface area contributed by atoms with E-state index in [1.54, 1.807) is 6.20 Å². The van der Waals surface area contributed by atoms with Gasteiger partial charge in [0, 0.05) is 24.7 Å². The summed E-state index contributed by atoms with van der Waals surface area (Å²) in [5.41, 5.74) is 1.21. The largest absolute Gasteiger partial charge is 0.313 e. The highest BCUT2D eigenvalue weighted by molar-refractivity contribution is 7.15. The van der Waals surface area contributed by atoms with Crippen LogP contribution in [-0.2, 0) is 13.1 Å². The monoisotopic (exact) mass is 337 g/mol. The number of nitrogens with zero attached hydrogens (tertiary/aromatic N) is 6. The lowest BCUT2D eigenvalue weighted by atomic mass is 10.2. The molecule has 0 aliphatic rings. The Hall–Kier alpha value is -3.00. The molecule has 4 rings (SSSR count). The van der Waals surface area contributed by atoms with Gasteiger partial charge in [0.15, 0.2) is 5.82 Å². The fraction of sp³-hybridized carbons (Fsp3) is 0.125. The molecular formula is C16H15N7S. The zero-order valence-electron chi connectivity index (χ0n) is 12.8. The predicted molar refractivity (Wildman–Crippen MR) is 92.3 cm³/mol. The van der Waals surface area contributed by atoms with Gasteiger partial charge in [-0.1, -0.05) is 41.7 Å². The fourth-order valence-corrected chi connectivity index (χ4v) is 3.04. The summed E-state index contributed by atoms with van der Waals surface area (Å²) in [6, 6.07) is 14.1. The molecule has 0 radical (unpaired) electrons. The van der Waals surface area contributed by atoms with Crippen LogP contribution in [-0.4, -0.2) is 29.8 Å². The van der Waals surface area contributed by atoms with Crippen molar-refractivity contribution in [3.8, 4) is 0 Å². The molecule has 0 bridgehead atoms. The second-order valence-corrected chi connectivity index (χ2v) is 6.28. The number of aromatic nitrogens is 6. The molecule has 0 unspecified atom stereocenters. The molecule has 0 amide bonds. The number of nitrogens with one attached hydrogen (secondary N) is 1. The van der Waals surface area contributed by atoms with E-state index in [2.05, 4.69) is 37.8 Å². The van der Waals surface area contributed by atoms with Crippen LogP contribution in [0.3, 0.4) is 0 Å². The Kier molecular flexibility index (Phi) is 4.03. The highest BCUT2D eigenvalue weighted by atomic mass is 32.1. The van der Waals surface area contributed by atoms with Crippen LogP contribution in [0.5, 0.6) is 0 Å². The van der Waals surface area contributed by atoms with Crippen LogP contribution in [0.15, 0.2) is 61.1 Å².